The predicted molar refractivity (Wildman–Crippen MR) is 93.3 cm³/mol. The minimum Gasteiger partial charge on any atom is -0.495 e. The number of nitrogens with zero attached hydrogens (tertiary/aromatic N) is 2. The summed E-state index contributed by atoms with van der Waals surface area (Å²) in [5.41, 5.74) is 0.279. The zero-order valence-corrected chi connectivity index (χ0v) is 14.2. The lowest BCUT2D eigenvalue weighted by Gasteiger charge is -2.10. The Bertz CT molecular complexity index is 819. The van der Waals surface area contributed by atoms with Gasteiger partial charge in [-0.25, -0.2) is 0 Å². The van der Waals surface area contributed by atoms with Gasteiger partial charge in [-0.05, 0) is 24.3 Å². The van der Waals surface area contributed by atoms with Gasteiger partial charge in [-0.15, -0.1) is 0 Å². The number of hydrogen-bond acceptors (Lipinski definition) is 5. The van der Waals surface area contributed by atoms with Crippen molar-refractivity contribution in [1.29, 1.82) is 5.26 Å². The van der Waals surface area contributed by atoms with Crippen LogP contribution in [-0.2, 0) is 4.79 Å². The maximum atomic E-state index is 12.3. The highest BCUT2D eigenvalue weighted by atomic mass is 35.5. The van der Waals surface area contributed by atoms with Crippen LogP contribution in [0.5, 0.6) is 5.75 Å². The van der Waals surface area contributed by atoms with Gasteiger partial charge in [-0.1, -0.05) is 11.6 Å². The maximum Gasteiger partial charge on any atom is 0.266 e. The Morgan fingerprint density at radius 1 is 1.38 bits per heavy atom. The molecule has 1 aromatic carbocycles. The third kappa shape index (κ3) is 4.09. The number of halogens is 1. The summed E-state index contributed by atoms with van der Waals surface area (Å²) in [5.74, 6) is 0.887. The molecule has 6 nitrogen and oxygen atoms in total. The summed E-state index contributed by atoms with van der Waals surface area (Å²) in [5, 5.41) is 12.3. The zero-order chi connectivity index (χ0) is 17.7. The van der Waals surface area contributed by atoms with Crippen LogP contribution in [0.4, 0.5) is 11.6 Å². The van der Waals surface area contributed by atoms with Crippen LogP contribution in [-0.4, -0.2) is 27.1 Å². The first-order chi connectivity index (χ1) is 11.4. The van der Waals surface area contributed by atoms with Crippen molar-refractivity contribution in [1.82, 2.24) is 0 Å². The fraction of sp³-hybridized carbons (Fsp3) is 0.176. The largest absolute Gasteiger partial charge is 0.495 e. The number of nitriles is 1. The number of benzene rings is 1. The van der Waals surface area contributed by atoms with E-state index in [1.165, 1.54) is 13.2 Å². The number of ether oxygens (including phenoxy) is 1. The lowest BCUT2D eigenvalue weighted by Crippen LogP contribution is -2.14. The summed E-state index contributed by atoms with van der Waals surface area (Å²) in [6.45, 7) is 0. The summed E-state index contributed by atoms with van der Waals surface area (Å²) in [6.07, 6.45) is 1.37. The smallest absolute Gasteiger partial charge is 0.266 e. The Morgan fingerprint density at radius 3 is 2.71 bits per heavy atom. The van der Waals surface area contributed by atoms with E-state index in [-0.39, 0.29) is 5.57 Å². The minimum absolute atomic E-state index is 0.100. The van der Waals surface area contributed by atoms with E-state index in [4.69, 9.17) is 20.8 Å². The molecule has 0 unspecified atom stereocenters. The summed E-state index contributed by atoms with van der Waals surface area (Å²) < 4.78 is 10.7. The highest BCUT2D eigenvalue weighted by Gasteiger charge is 2.14. The van der Waals surface area contributed by atoms with Crippen molar-refractivity contribution in [3.05, 3.63) is 46.7 Å². The lowest BCUT2D eigenvalue weighted by molar-refractivity contribution is -0.112. The average Bonchev–Trinajstić information content (AvgIpc) is 3.01. The van der Waals surface area contributed by atoms with Gasteiger partial charge in [0.05, 0.1) is 12.8 Å². The number of anilines is 2. The van der Waals surface area contributed by atoms with E-state index in [9.17, 15) is 10.1 Å². The van der Waals surface area contributed by atoms with E-state index in [0.717, 1.165) is 0 Å². The molecule has 0 aliphatic carbocycles. The summed E-state index contributed by atoms with van der Waals surface area (Å²) in [7, 11) is 5.14. The second-order valence-electron chi connectivity index (χ2n) is 5.04. The van der Waals surface area contributed by atoms with Crippen LogP contribution in [0.15, 0.2) is 40.3 Å². The number of methoxy groups -OCH3 is 1. The van der Waals surface area contributed by atoms with Crippen molar-refractivity contribution in [2.45, 2.75) is 0 Å². The van der Waals surface area contributed by atoms with Crippen molar-refractivity contribution < 1.29 is 13.9 Å². The van der Waals surface area contributed by atoms with Gasteiger partial charge in [-0.2, -0.15) is 5.26 Å². The number of carbonyl (C=O) groups excluding carboxylic acids is 1. The molecule has 0 saturated heterocycles. The van der Waals surface area contributed by atoms with Gasteiger partial charge in [0.1, 0.15) is 23.2 Å². The predicted octanol–water partition coefficient (Wildman–Crippen LogP) is 3.55. The molecule has 7 heteroatoms. The summed E-state index contributed by atoms with van der Waals surface area (Å²) >= 11 is 5.93. The number of nitrogens with one attached hydrogen (secondary N) is 1. The number of carbonyl (C=O) groups is 1. The number of amides is 1. The average molecular weight is 346 g/mol. The molecule has 0 fully saturated rings. The van der Waals surface area contributed by atoms with Gasteiger partial charge in [0.2, 0.25) is 0 Å². The van der Waals surface area contributed by atoms with E-state index < -0.39 is 5.91 Å². The molecule has 1 heterocycles. The van der Waals surface area contributed by atoms with Crippen LogP contribution < -0.4 is 15.0 Å². The third-order valence-electron chi connectivity index (χ3n) is 3.11. The Labute approximate surface area is 144 Å². The van der Waals surface area contributed by atoms with Gasteiger partial charge in [0, 0.05) is 31.3 Å². The lowest BCUT2D eigenvalue weighted by atomic mass is 10.2. The first-order valence-electron chi connectivity index (χ1n) is 6.98. The Balaban J connectivity index is 2.24. The number of hydrogen-bond donors (Lipinski definition) is 1. The monoisotopic (exact) mass is 345 g/mol. The fourth-order valence-corrected chi connectivity index (χ4v) is 2.09. The molecular formula is C17H16ClN3O3. The fourth-order valence-electron chi connectivity index (χ4n) is 1.92. The van der Waals surface area contributed by atoms with E-state index >= 15 is 0 Å². The molecule has 1 aromatic heterocycles. The van der Waals surface area contributed by atoms with E-state index in [0.29, 0.717) is 28.1 Å². The zero-order valence-electron chi connectivity index (χ0n) is 13.5. The molecule has 2 rings (SSSR count). The second-order valence-corrected chi connectivity index (χ2v) is 5.48. The molecule has 2 aromatic rings. The van der Waals surface area contributed by atoms with Crippen LogP contribution in [0.2, 0.25) is 5.02 Å². The first kappa shape index (κ1) is 17.4. The van der Waals surface area contributed by atoms with E-state index in [1.807, 2.05) is 20.2 Å². The van der Waals surface area contributed by atoms with Crippen LogP contribution in [0.3, 0.4) is 0 Å². The molecule has 1 amide bonds. The SMILES string of the molecule is COc1ccc(Cl)cc1NC(=O)C(C#N)=Cc1ccc(N(C)C)o1. The van der Waals surface area contributed by atoms with Crippen molar-refractivity contribution in [3.63, 3.8) is 0 Å². The van der Waals surface area contributed by atoms with Crippen LogP contribution in [0.1, 0.15) is 5.76 Å². The standard InChI is InChI=1S/C17H16ClN3O3/c1-21(2)16-7-5-13(24-16)8-11(10-19)17(22)20-14-9-12(18)4-6-15(14)23-3/h4-9H,1-3H3,(H,20,22). The minimum atomic E-state index is -0.583. The number of furan rings is 1. The molecule has 0 radical (unpaired) electrons. The van der Waals surface area contributed by atoms with E-state index in [2.05, 4.69) is 5.32 Å². The molecule has 0 spiro atoms. The van der Waals surface area contributed by atoms with Crippen LogP contribution in [0, 0.1) is 11.3 Å². The van der Waals surface area contributed by atoms with Crippen molar-refractivity contribution in [2.75, 3.05) is 31.4 Å². The summed E-state index contributed by atoms with van der Waals surface area (Å²) in [6, 6.07) is 10.1. The quantitative estimate of drug-likeness (QED) is 0.662. The van der Waals surface area contributed by atoms with Crippen molar-refractivity contribution >= 4 is 35.2 Å². The van der Waals surface area contributed by atoms with Gasteiger partial charge in [0.15, 0.2) is 5.88 Å². The number of rotatable bonds is 5. The van der Waals surface area contributed by atoms with Gasteiger partial charge >= 0.3 is 0 Å². The Hall–Kier alpha value is -2.91. The molecule has 0 saturated carbocycles. The van der Waals surface area contributed by atoms with Crippen molar-refractivity contribution in [2.24, 2.45) is 0 Å². The summed E-state index contributed by atoms with van der Waals surface area (Å²) in [4.78, 5) is 14.1. The molecule has 1 N–H and O–H groups in total. The molecule has 0 atom stereocenters. The van der Waals surface area contributed by atoms with Gasteiger partial charge in [0.25, 0.3) is 5.91 Å². The van der Waals surface area contributed by atoms with Crippen LogP contribution >= 0.6 is 11.6 Å². The maximum absolute atomic E-state index is 12.3. The molecule has 24 heavy (non-hydrogen) atoms. The topological polar surface area (TPSA) is 78.5 Å². The first-order valence-corrected chi connectivity index (χ1v) is 7.36. The van der Waals surface area contributed by atoms with Crippen molar-refractivity contribution in [3.8, 4) is 11.8 Å². The van der Waals surface area contributed by atoms with Crippen LogP contribution in [0.25, 0.3) is 6.08 Å². The van der Waals surface area contributed by atoms with Gasteiger partial charge < -0.3 is 19.4 Å². The Kier molecular flexibility index (Phi) is 5.51. The molecular weight excluding hydrogens is 330 g/mol. The molecule has 0 bridgehead atoms. The molecule has 124 valence electrons. The highest BCUT2D eigenvalue weighted by Crippen LogP contribution is 2.28. The normalized spacial score (nSPS) is 10.9. The highest BCUT2D eigenvalue weighted by molar-refractivity contribution is 6.31. The molecule has 0 aliphatic heterocycles. The van der Waals surface area contributed by atoms with Gasteiger partial charge in [-0.3, -0.25) is 4.79 Å². The third-order valence-corrected chi connectivity index (χ3v) is 3.35. The Morgan fingerprint density at radius 2 is 2.12 bits per heavy atom. The van der Waals surface area contributed by atoms with E-state index in [1.54, 1.807) is 35.2 Å². The molecule has 0 aliphatic rings. The second kappa shape index (κ2) is 7.57.